The molecule has 2 nitrogen and oxygen atoms in total. The minimum absolute atomic E-state index is 0.145. The third-order valence-electron chi connectivity index (χ3n) is 2.76. The van der Waals surface area contributed by atoms with Crippen LogP contribution >= 0.6 is 34.8 Å². The van der Waals surface area contributed by atoms with Crippen LogP contribution in [0.3, 0.4) is 0 Å². The number of sulfone groups is 1. The van der Waals surface area contributed by atoms with E-state index in [1.807, 2.05) is 0 Å². The van der Waals surface area contributed by atoms with Gasteiger partial charge in [0.05, 0.1) is 11.5 Å². The molecule has 2 aromatic rings. The minimum Gasteiger partial charge on any atom is -0.228 e. The zero-order chi connectivity index (χ0) is 14.8. The van der Waals surface area contributed by atoms with Crippen LogP contribution in [-0.4, -0.2) is 8.42 Å². The van der Waals surface area contributed by atoms with Crippen molar-refractivity contribution in [1.29, 1.82) is 0 Å². The van der Waals surface area contributed by atoms with Gasteiger partial charge in [-0.2, -0.15) is 0 Å². The monoisotopic (exact) mass is 348 g/mol. The van der Waals surface area contributed by atoms with Crippen LogP contribution in [0.1, 0.15) is 11.1 Å². The molecule has 0 amide bonds. The summed E-state index contributed by atoms with van der Waals surface area (Å²) < 4.78 is 24.5. The van der Waals surface area contributed by atoms with E-state index in [-0.39, 0.29) is 11.5 Å². The van der Waals surface area contributed by atoms with Crippen molar-refractivity contribution in [1.82, 2.24) is 0 Å². The maximum Gasteiger partial charge on any atom is 0.158 e. The lowest BCUT2D eigenvalue weighted by Gasteiger charge is -2.09. The molecule has 0 bridgehead atoms. The van der Waals surface area contributed by atoms with Gasteiger partial charge in [-0.05, 0) is 23.8 Å². The molecule has 0 unspecified atom stereocenters. The number of hydrogen-bond donors (Lipinski definition) is 0. The summed E-state index contributed by atoms with van der Waals surface area (Å²) in [4.78, 5) is 0. The lowest BCUT2D eigenvalue weighted by atomic mass is 10.2. The summed E-state index contributed by atoms with van der Waals surface area (Å²) in [6.45, 7) is 0. The van der Waals surface area contributed by atoms with E-state index in [0.29, 0.717) is 26.2 Å². The average molecular weight is 350 g/mol. The highest BCUT2D eigenvalue weighted by molar-refractivity contribution is 7.89. The van der Waals surface area contributed by atoms with Crippen molar-refractivity contribution in [2.75, 3.05) is 0 Å². The van der Waals surface area contributed by atoms with Gasteiger partial charge >= 0.3 is 0 Å². The number of rotatable bonds is 4. The van der Waals surface area contributed by atoms with Crippen LogP contribution in [0.25, 0.3) is 0 Å². The zero-order valence-corrected chi connectivity index (χ0v) is 13.4. The number of benzene rings is 2. The molecular weight excluding hydrogens is 339 g/mol. The fraction of sp³-hybridized carbons (Fsp3) is 0.143. The predicted molar refractivity (Wildman–Crippen MR) is 84.2 cm³/mol. The van der Waals surface area contributed by atoms with Gasteiger partial charge in [0.2, 0.25) is 0 Å². The normalized spacial score (nSPS) is 11.6. The van der Waals surface area contributed by atoms with Crippen molar-refractivity contribution in [3.8, 4) is 0 Å². The largest absolute Gasteiger partial charge is 0.228 e. The van der Waals surface area contributed by atoms with Crippen molar-refractivity contribution in [3.05, 3.63) is 68.7 Å². The van der Waals surface area contributed by atoms with Crippen molar-refractivity contribution >= 4 is 44.6 Å². The predicted octanol–water partition coefficient (Wildman–Crippen LogP) is 4.76. The molecule has 0 radical (unpaired) electrons. The van der Waals surface area contributed by atoms with E-state index < -0.39 is 9.84 Å². The molecule has 0 aliphatic carbocycles. The Kier molecular flexibility index (Phi) is 4.97. The fourth-order valence-electron chi connectivity index (χ4n) is 1.79. The minimum atomic E-state index is -3.41. The van der Waals surface area contributed by atoms with E-state index in [4.69, 9.17) is 34.8 Å². The van der Waals surface area contributed by atoms with Crippen LogP contribution in [0.15, 0.2) is 42.5 Å². The maximum atomic E-state index is 12.3. The smallest absolute Gasteiger partial charge is 0.158 e. The number of hydrogen-bond acceptors (Lipinski definition) is 2. The quantitative estimate of drug-likeness (QED) is 0.797. The fourth-order valence-corrected chi connectivity index (χ4v) is 4.34. The molecule has 0 fully saturated rings. The Hall–Kier alpha value is -0.740. The van der Waals surface area contributed by atoms with Gasteiger partial charge in [-0.1, -0.05) is 59.1 Å². The first kappa shape index (κ1) is 15.6. The molecule has 2 aromatic carbocycles. The van der Waals surface area contributed by atoms with Crippen molar-refractivity contribution in [2.45, 2.75) is 11.5 Å². The highest BCUT2D eigenvalue weighted by Gasteiger charge is 2.18. The van der Waals surface area contributed by atoms with E-state index in [0.717, 1.165) is 0 Å². The molecule has 0 saturated carbocycles. The summed E-state index contributed by atoms with van der Waals surface area (Å²) >= 11 is 18.0. The van der Waals surface area contributed by atoms with Gasteiger partial charge in [-0.25, -0.2) is 8.42 Å². The molecular formula is C14H11Cl3O2S. The van der Waals surface area contributed by atoms with Gasteiger partial charge in [0.1, 0.15) is 0 Å². The van der Waals surface area contributed by atoms with Gasteiger partial charge in [0.25, 0.3) is 0 Å². The molecule has 0 atom stereocenters. The van der Waals surface area contributed by atoms with Gasteiger partial charge < -0.3 is 0 Å². The summed E-state index contributed by atoms with van der Waals surface area (Å²) in [5, 5.41) is 1.13. The van der Waals surface area contributed by atoms with Gasteiger partial charge in [0, 0.05) is 20.6 Å². The second-order valence-electron chi connectivity index (χ2n) is 4.32. The Labute approximate surface area is 133 Å². The highest BCUT2D eigenvalue weighted by atomic mass is 35.5. The molecule has 0 saturated heterocycles. The van der Waals surface area contributed by atoms with Gasteiger partial charge in [0.15, 0.2) is 9.84 Å². The Balaban J connectivity index is 2.27. The molecule has 0 aliphatic rings. The highest BCUT2D eigenvalue weighted by Crippen LogP contribution is 2.28. The molecule has 0 aliphatic heterocycles. The lowest BCUT2D eigenvalue weighted by Crippen LogP contribution is -2.08. The third kappa shape index (κ3) is 3.89. The summed E-state index contributed by atoms with van der Waals surface area (Å²) in [5.74, 6) is -0.356. The molecule has 0 N–H and O–H groups in total. The first-order chi connectivity index (χ1) is 9.39. The summed E-state index contributed by atoms with van der Waals surface area (Å²) in [6.07, 6.45) is 0. The summed E-state index contributed by atoms with van der Waals surface area (Å²) in [7, 11) is -3.41. The molecule has 6 heteroatoms. The molecule has 0 aromatic heterocycles. The second kappa shape index (κ2) is 6.35. The Morgan fingerprint density at radius 1 is 0.750 bits per heavy atom. The van der Waals surface area contributed by atoms with Crippen molar-refractivity contribution < 1.29 is 8.42 Å². The van der Waals surface area contributed by atoms with E-state index >= 15 is 0 Å². The van der Waals surface area contributed by atoms with Crippen LogP contribution in [0.2, 0.25) is 15.1 Å². The standard InChI is InChI=1S/C14H11Cl3O2S/c15-12-5-2-1-4-10(12)8-20(18,19)9-11-13(16)6-3-7-14(11)17/h1-7H,8-9H2. The van der Waals surface area contributed by atoms with E-state index in [9.17, 15) is 8.42 Å². The Morgan fingerprint density at radius 2 is 1.30 bits per heavy atom. The molecule has 0 heterocycles. The topological polar surface area (TPSA) is 34.1 Å². The molecule has 2 rings (SSSR count). The first-order valence-corrected chi connectivity index (χ1v) is 8.71. The van der Waals surface area contributed by atoms with E-state index in [1.165, 1.54) is 0 Å². The number of halogens is 3. The van der Waals surface area contributed by atoms with Crippen molar-refractivity contribution in [3.63, 3.8) is 0 Å². The van der Waals surface area contributed by atoms with Crippen LogP contribution in [0.4, 0.5) is 0 Å². The first-order valence-electron chi connectivity index (χ1n) is 5.76. The second-order valence-corrected chi connectivity index (χ2v) is 7.61. The van der Waals surface area contributed by atoms with Crippen LogP contribution in [-0.2, 0) is 21.3 Å². The average Bonchev–Trinajstić information content (AvgIpc) is 2.37. The van der Waals surface area contributed by atoms with Crippen LogP contribution in [0, 0.1) is 0 Å². The van der Waals surface area contributed by atoms with Crippen LogP contribution in [0.5, 0.6) is 0 Å². The maximum absolute atomic E-state index is 12.3. The molecule has 106 valence electrons. The van der Waals surface area contributed by atoms with Gasteiger partial charge in [-0.3, -0.25) is 0 Å². The van der Waals surface area contributed by atoms with E-state index in [2.05, 4.69) is 0 Å². The Bertz CT molecular complexity index is 707. The van der Waals surface area contributed by atoms with Crippen molar-refractivity contribution in [2.24, 2.45) is 0 Å². The summed E-state index contributed by atoms with van der Waals surface area (Å²) in [6, 6.07) is 11.8. The lowest BCUT2D eigenvalue weighted by molar-refractivity contribution is 0.594. The van der Waals surface area contributed by atoms with E-state index in [1.54, 1.807) is 42.5 Å². The zero-order valence-electron chi connectivity index (χ0n) is 10.3. The molecule has 20 heavy (non-hydrogen) atoms. The third-order valence-corrected chi connectivity index (χ3v) is 5.32. The summed E-state index contributed by atoms with van der Waals surface area (Å²) in [5.41, 5.74) is 0.986. The molecule has 0 spiro atoms. The van der Waals surface area contributed by atoms with Crippen LogP contribution < -0.4 is 0 Å². The van der Waals surface area contributed by atoms with Gasteiger partial charge in [-0.15, -0.1) is 0 Å². The Morgan fingerprint density at radius 3 is 1.90 bits per heavy atom. The SMILES string of the molecule is O=S(=O)(Cc1ccccc1Cl)Cc1c(Cl)cccc1Cl.